The summed E-state index contributed by atoms with van der Waals surface area (Å²) in [6, 6.07) is 20.0. The molecule has 2 heterocycles. The monoisotopic (exact) mass is 687 g/mol. The van der Waals surface area contributed by atoms with E-state index in [0.717, 1.165) is 11.3 Å². The number of ether oxygens (including phenoxy) is 3. The third-order valence-corrected chi connectivity index (χ3v) is 9.11. The van der Waals surface area contributed by atoms with E-state index in [9.17, 15) is 14.5 Å². The minimum absolute atomic E-state index is 0.0964. The zero-order chi connectivity index (χ0) is 35.0. The number of nitrogens with zero attached hydrogens (tertiary/aromatic N) is 3. The average molecular weight is 688 g/mol. The Bertz CT molecular complexity index is 1970. The Morgan fingerprint density at radius 3 is 2.41 bits per heavy atom. The van der Waals surface area contributed by atoms with Gasteiger partial charge in [-0.25, -0.2) is 14.5 Å². The van der Waals surface area contributed by atoms with Crippen molar-refractivity contribution in [2.75, 3.05) is 20.3 Å². The molecule has 49 heavy (non-hydrogen) atoms. The number of rotatable bonds is 16. The molecule has 13 heteroatoms. The van der Waals surface area contributed by atoms with E-state index in [1.807, 2.05) is 36.4 Å². The van der Waals surface area contributed by atoms with Crippen LogP contribution in [0.1, 0.15) is 52.3 Å². The predicted molar refractivity (Wildman–Crippen MR) is 183 cm³/mol. The molecule has 3 aromatic carbocycles. The number of aromatic carboxylic acids is 1. The van der Waals surface area contributed by atoms with Gasteiger partial charge in [0.15, 0.2) is 11.5 Å². The van der Waals surface area contributed by atoms with Gasteiger partial charge < -0.3 is 32.8 Å². The van der Waals surface area contributed by atoms with Crippen molar-refractivity contribution >= 4 is 19.6 Å². The highest BCUT2D eigenvalue weighted by Gasteiger charge is 2.21. The first-order valence-electron chi connectivity index (χ1n) is 15.6. The first-order valence-corrected chi connectivity index (χ1v) is 17.2. The first-order chi connectivity index (χ1) is 23.6. The van der Waals surface area contributed by atoms with Crippen LogP contribution in [0.2, 0.25) is 0 Å². The van der Waals surface area contributed by atoms with E-state index >= 15 is 0 Å². The van der Waals surface area contributed by atoms with E-state index in [4.69, 9.17) is 27.7 Å². The Morgan fingerprint density at radius 2 is 1.71 bits per heavy atom. The molecule has 0 radical (unpaired) electrons. The smallest absolute Gasteiger partial charge is 0.354 e. The molecule has 2 aromatic heterocycles. The van der Waals surface area contributed by atoms with Gasteiger partial charge in [0.25, 0.3) is 0 Å². The minimum atomic E-state index is -3.45. The summed E-state index contributed by atoms with van der Waals surface area (Å²) in [6.45, 7) is 7.73. The Kier molecular flexibility index (Phi) is 11.4. The molecule has 0 bridgehead atoms. The lowest BCUT2D eigenvalue weighted by Crippen LogP contribution is -2.02. The number of carboxylic acids is 1. The van der Waals surface area contributed by atoms with Crippen molar-refractivity contribution < 1.29 is 42.1 Å². The Balaban J connectivity index is 1.31. The fraction of sp³-hybridized carbons (Fsp3) is 0.250. The Labute approximate surface area is 284 Å². The molecule has 5 rings (SSSR count). The van der Waals surface area contributed by atoms with Crippen LogP contribution in [0, 0.1) is 13.8 Å². The molecule has 0 unspecified atom stereocenters. The zero-order valence-electron chi connectivity index (χ0n) is 27.9. The van der Waals surface area contributed by atoms with Crippen molar-refractivity contribution in [1.82, 2.24) is 14.8 Å². The van der Waals surface area contributed by atoms with Gasteiger partial charge in [-0.1, -0.05) is 30.3 Å². The van der Waals surface area contributed by atoms with Crippen LogP contribution in [0.5, 0.6) is 17.4 Å². The van der Waals surface area contributed by atoms with Crippen LogP contribution in [0.3, 0.4) is 0 Å². The molecule has 0 aliphatic rings. The predicted octanol–water partition coefficient (Wildman–Crippen LogP) is 8.25. The number of para-hydroxylation sites is 1. The molecule has 1 N–H and O–H groups in total. The van der Waals surface area contributed by atoms with E-state index < -0.39 is 13.6 Å². The molecule has 0 aliphatic heterocycles. The number of oxazole rings is 1. The average Bonchev–Trinajstić information content (AvgIpc) is 3.69. The maximum absolute atomic E-state index is 13.1. The molecular weight excluding hydrogens is 649 g/mol. The second kappa shape index (κ2) is 15.8. The molecule has 256 valence electrons. The van der Waals surface area contributed by atoms with Gasteiger partial charge in [-0.2, -0.15) is 0 Å². The van der Waals surface area contributed by atoms with Crippen molar-refractivity contribution in [3.05, 3.63) is 112 Å². The van der Waals surface area contributed by atoms with E-state index in [-0.39, 0.29) is 32.0 Å². The third kappa shape index (κ3) is 8.66. The minimum Gasteiger partial charge on any atom is -0.493 e. The van der Waals surface area contributed by atoms with Crippen molar-refractivity contribution in [2.24, 2.45) is 0 Å². The van der Waals surface area contributed by atoms with Gasteiger partial charge in [-0.05, 0) is 81.3 Å². The molecule has 0 fully saturated rings. The second-order valence-corrected chi connectivity index (χ2v) is 12.7. The zero-order valence-corrected chi connectivity index (χ0v) is 28.8. The van der Waals surface area contributed by atoms with Gasteiger partial charge in [0, 0.05) is 17.6 Å². The maximum atomic E-state index is 13.1. The molecule has 0 aliphatic carbocycles. The van der Waals surface area contributed by atoms with E-state index in [1.165, 1.54) is 5.82 Å². The normalized spacial score (nSPS) is 11.6. The van der Waals surface area contributed by atoms with Crippen LogP contribution in [0.25, 0.3) is 23.2 Å². The van der Waals surface area contributed by atoms with E-state index in [2.05, 4.69) is 10.1 Å². The molecule has 0 saturated heterocycles. The summed E-state index contributed by atoms with van der Waals surface area (Å²) in [7, 11) is -1.91. The number of benzene rings is 3. The van der Waals surface area contributed by atoms with Crippen molar-refractivity contribution in [3.63, 3.8) is 0 Å². The first kappa shape index (κ1) is 35.2. The van der Waals surface area contributed by atoms with Crippen LogP contribution in [-0.4, -0.2) is 46.2 Å². The van der Waals surface area contributed by atoms with Gasteiger partial charge in [-0.3, -0.25) is 4.57 Å². The van der Waals surface area contributed by atoms with Gasteiger partial charge in [0.2, 0.25) is 11.8 Å². The number of hydrogen-bond acceptors (Lipinski definition) is 10. The topological polar surface area (TPSA) is 144 Å². The van der Waals surface area contributed by atoms with Crippen LogP contribution < -0.4 is 14.2 Å². The van der Waals surface area contributed by atoms with Gasteiger partial charge in [-0.15, -0.1) is 5.10 Å². The lowest BCUT2D eigenvalue weighted by atomic mass is 10.1. The highest BCUT2D eigenvalue weighted by atomic mass is 31.2. The molecule has 12 nitrogen and oxygen atoms in total. The summed E-state index contributed by atoms with van der Waals surface area (Å²) in [6.07, 6.45) is 3.41. The van der Waals surface area contributed by atoms with Crippen molar-refractivity contribution in [1.29, 1.82) is 0 Å². The van der Waals surface area contributed by atoms with Crippen molar-refractivity contribution in [3.8, 4) is 34.5 Å². The molecule has 0 atom stereocenters. The van der Waals surface area contributed by atoms with Crippen LogP contribution in [0.15, 0.2) is 83.2 Å². The lowest BCUT2D eigenvalue weighted by molar-refractivity contribution is 0.0696. The van der Waals surface area contributed by atoms with Crippen LogP contribution >= 0.6 is 7.60 Å². The standard InChI is InChI=1S/C36H38N3O9P/c1-6-46-49(42,47-7-2)18-17-28-21-39(29-11-9-8-10-12-29)38-35(28)45-22-26-14-16-32(33(19-26)43-5)44-23-31-25(4)48-34(37-31)27-15-13-24(3)30(20-27)36(40)41/h8-21H,6-7,22-23H2,1-5H3,(H,40,41)/b18-17+. The van der Waals surface area contributed by atoms with Gasteiger partial charge >= 0.3 is 13.6 Å². The number of carboxylic acid groups (broad SMARTS) is 1. The number of aromatic nitrogens is 3. The van der Waals surface area contributed by atoms with Crippen molar-refractivity contribution in [2.45, 2.75) is 40.9 Å². The largest absolute Gasteiger partial charge is 0.493 e. The maximum Gasteiger partial charge on any atom is 0.354 e. The number of carbonyl (C=O) groups is 1. The summed E-state index contributed by atoms with van der Waals surface area (Å²) >= 11 is 0. The fourth-order valence-corrected chi connectivity index (χ4v) is 6.17. The van der Waals surface area contributed by atoms with E-state index in [1.54, 1.807) is 82.1 Å². The summed E-state index contributed by atoms with van der Waals surface area (Å²) < 4.78 is 49.2. The SMILES string of the molecule is CCOP(=O)(/C=C/c1cn(-c2ccccc2)nc1OCc1ccc(OCc2nc(-c3ccc(C)c(C(=O)O)c3)oc2C)c(OC)c1)OCC. The molecule has 0 saturated carbocycles. The molecule has 5 aromatic rings. The quantitative estimate of drug-likeness (QED) is 0.100. The second-order valence-electron chi connectivity index (χ2n) is 10.8. The highest BCUT2D eigenvalue weighted by molar-refractivity contribution is 7.57. The number of hydrogen-bond donors (Lipinski definition) is 1. The molecule has 0 spiro atoms. The molecule has 0 amide bonds. The van der Waals surface area contributed by atoms with Gasteiger partial charge in [0.1, 0.15) is 24.7 Å². The Hall–Kier alpha value is -5.16. The summed E-state index contributed by atoms with van der Waals surface area (Å²) in [4.78, 5) is 16.1. The summed E-state index contributed by atoms with van der Waals surface area (Å²) in [5.74, 6) is 2.55. The van der Waals surface area contributed by atoms with Crippen LogP contribution in [-0.2, 0) is 26.8 Å². The third-order valence-electron chi connectivity index (χ3n) is 7.36. The van der Waals surface area contributed by atoms with Crippen LogP contribution in [0.4, 0.5) is 0 Å². The summed E-state index contributed by atoms with van der Waals surface area (Å²) in [5.41, 5.74) is 4.16. The molecular formula is C36H38N3O9P. The lowest BCUT2D eigenvalue weighted by Gasteiger charge is -2.13. The van der Waals surface area contributed by atoms with Gasteiger partial charge in [0.05, 0.1) is 37.1 Å². The summed E-state index contributed by atoms with van der Waals surface area (Å²) in [5, 5.41) is 14.1. The number of aryl methyl sites for hydroxylation is 2. The Morgan fingerprint density at radius 1 is 0.959 bits per heavy atom. The highest BCUT2D eigenvalue weighted by Crippen LogP contribution is 2.50. The number of methoxy groups -OCH3 is 1. The fourth-order valence-electron chi connectivity index (χ4n) is 4.86. The van der Waals surface area contributed by atoms with E-state index in [0.29, 0.717) is 51.4 Å².